The lowest BCUT2D eigenvalue weighted by Crippen LogP contribution is -2.34. The van der Waals surface area contributed by atoms with E-state index >= 15 is 0 Å². The third-order valence-electron chi connectivity index (χ3n) is 5.15. The minimum atomic E-state index is 0.141. The van der Waals surface area contributed by atoms with E-state index in [-0.39, 0.29) is 5.91 Å². The molecule has 0 spiro atoms. The van der Waals surface area contributed by atoms with Gasteiger partial charge in [0.1, 0.15) is 0 Å². The summed E-state index contributed by atoms with van der Waals surface area (Å²) in [5.41, 5.74) is 5.56. The molecule has 4 rings (SSSR count). The van der Waals surface area contributed by atoms with E-state index in [1.165, 1.54) is 16.7 Å². The third-order valence-corrected chi connectivity index (χ3v) is 5.15. The summed E-state index contributed by atoms with van der Waals surface area (Å²) in [6.07, 6.45) is 5.15. The monoisotopic (exact) mass is 352 g/mol. The van der Waals surface area contributed by atoms with Gasteiger partial charge in [-0.3, -0.25) is 4.79 Å². The van der Waals surface area contributed by atoms with E-state index in [1.807, 2.05) is 23.1 Å². The Balaban J connectivity index is 1.56. The molecule has 0 saturated heterocycles. The highest BCUT2D eigenvalue weighted by Gasteiger charge is 2.17. The lowest BCUT2D eigenvalue weighted by molar-refractivity contribution is -0.129. The molecule has 132 valence electrons. The summed E-state index contributed by atoms with van der Waals surface area (Å²) in [5, 5.41) is 11.2. The summed E-state index contributed by atoms with van der Waals surface area (Å²) in [6.45, 7) is 3.14. The quantitative estimate of drug-likeness (QED) is 0.623. The summed E-state index contributed by atoms with van der Waals surface area (Å²) >= 11 is 0. The van der Waals surface area contributed by atoms with Crippen LogP contribution in [-0.2, 0) is 17.8 Å². The van der Waals surface area contributed by atoms with Crippen LogP contribution in [0.1, 0.15) is 34.7 Å². The normalized spacial score (nSPS) is 13.6. The Hall–Kier alpha value is -3.38. The number of carbonyl (C=O) groups is 1. The van der Waals surface area contributed by atoms with Gasteiger partial charge in [0.15, 0.2) is 0 Å². The second-order valence-electron chi connectivity index (χ2n) is 6.99. The Bertz CT molecular complexity index is 1110. The molecular formula is C24H20N2O. The summed E-state index contributed by atoms with van der Waals surface area (Å²) in [5.74, 6) is 0.141. The molecule has 1 aliphatic heterocycles. The molecule has 0 atom stereocenters. The molecule has 3 nitrogen and oxygen atoms in total. The van der Waals surface area contributed by atoms with Gasteiger partial charge in [0, 0.05) is 20.0 Å². The second-order valence-corrected chi connectivity index (χ2v) is 6.99. The van der Waals surface area contributed by atoms with Crippen molar-refractivity contribution in [2.75, 3.05) is 6.54 Å². The van der Waals surface area contributed by atoms with Crippen molar-refractivity contribution in [3.8, 4) is 6.07 Å². The predicted octanol–water partition coefficient (Wildman–Crippen LogP) is 4.79. The molecule has 1 aliphatic rings. The first kappa shape index (κ1) is 17.1. The van der Waals surface area contributed by atoms with E-state index < -0.39 is 0 Å². The smallest absolute Gasteiger partial charge is 0.219 e. The highest BCUT2D eigenvalue weighted by Crippen LogP contribution is 2.23. The van der Waals surface area contributed by atoms with Crippen molar-refractivity contribution in [1.82, 2.24) is 4.90 Å². The van der Waals surface area contributed by atoms with E-state index in [1.54, 1.807) is 6.92 Å². The number of carbonyl (C=O) groups excluding carboxylic acids is 1. The van der Waals surface area contributed by atoms with Crippen molar-refractivity contribution in [3.63, 3.8) is 0 Å². The molecule has 0 radical (unpaired) electrons. The first-order chi connectivity index (χ1) is 13.1. The van der Waals surface area contributed by atoms with Gasteiger partial charge in [-0.1, -0.05) is 48.6 Å². The summed E-state index contributed by atoms with van der Waals surface area (Å²) in [7, 11) is 0. The highest BCUT2D eigenvalue weighted by molar-refractivity contribution is 5.87. The first-order valence-corrected chi connectivity index (χ1v) is 9.12. The van der Waals surface area contributed by atoms with Crippen LogP contribution in [0.15, 0.2) is 54.6 Å². The number of fused-ring (bicyclic) bond motifs is 2. The Morgan fingerprint density at radius 2 is 1.67 bits per heavy atom. The van der Waals surface area contributed by atoms with Gasteiger partial charge in [-0.15, -0.1) is 0 Å². The fraction of sp³-hybridized carbons (Fsp3) is 0.167. The van der Waals surface area contributed by atoms with Crippen molar-refractivity contribution in [2.45, 2.75) is 19.9 Å². The molecule has 0 fully saturated rings. The van der Waals surface area contributed by atoms with E-state index in [9.17, 15) is 4.79 Å². The first-order valence-electron chi connectivity index (χ1n) is 9.12. The maximum atomic E-state index is 11.6. The fourth-order valence-corrected chi connectivity index (χ4v) is 3.58. The largest absolute Gasteiger partial charge is 0.338 e. The number of nitriles is 1. The number of hydrogen-bond acceptors (Lipinski definition) is 2. The van der Waals surface area contributed by atoms with Gasteiger partial charge in [-0.2, -0.15) is 5.26 Å². The molecule has 3 aromatic rings. The molecule has 0 aliphatic carbocycles. The van der Waals surface area contributed by atoms with Crippen LogP contribution in [-0.4, -0.2) is 17.4 Å². The van der Waals surface area contributed by atoms with Crippen LogP contribution in [0.5, 0.6) is 0 Å². The van der Waals surface area contributed by atoms with Crippen LogP contribution in [0, 0.1) is 11.3 Å². The van der Waals surface area contributed by atoms with Crippen LogP contribution < -0.4 is 0 Å². The minimum absolute atomic E-state index is 0.141. The zero-order valence-electron chi connectivity index (χ0n) is 15.3. The number of amides is 1. The second kappa shape index (κ2) is 7.09. The maximum absolute atomic E-state index is 11.6. The van der Waals surface area contributed by atoms with Gasteiger partial charge in [0.25, 0.3) is 0 Å². The Morgan fingerprint density at radius 1 is 0.963 bits per heavy atom. The lowest BCUT2D eigenvalue weighted by atomic mass is 9.96. The van der Waals surface area contributed by atoms with Crippen LogP contribution in [0.25, 0.3) is 22.9 Å². The molecule has 0 aromatic heterocycles. The predicted molar refractivity (Wildman–Crippen MR) is 109 cm³/mol. The van der Waals surface area contributed by atoms with Crippen molar-refractivity contribution in [1.29, 1.82) is 5.26 Å². The molecule has 1 amide bonds. The maximum Gasteiger partial charge on any atom is 0.219 e. The Labute approximate surface area is 159 Å². The summed E-state index contributed by atoms with van der Waals surface area (Å²) in [6, 6.07) is 20.7. The average molecular weight is 352 g/mol. The molecule has 1 heterocycles. The van der Waals surface area contributed by atoms with Crippen LogP contribution in [0.3, 0.4) is 0 Å². The van der Waals surface area contributed by atoms with E-state index in [0.717, 1.165) is 29.3 Å². The van der Waals surface area contributed by atoms with Gasteiger partial charge in [-0.25, -0.2) is 0 Å². The number of hydrogen-bond donors (Lipinski definition) is 0. The van der Waals surface area contributed by atoms with Crippen LogP contribution >= 0.6 is 0 Å². The highest BCUT2D eigenvalue weighted by atomic mass is 16.2. The molecule has 0 saturated carbocycles. The van der Waals surface area contributed by atoms with Gasteiger partial charge in [0.05, 0.1) is 11.6 Å². The zero-order valence-corrected chi connectivity index (χ0v) is 15.3. The molecule has 0 N–H and O–H groups in total. The van der Waals surface area contributed by atoms with E-state index in [2.05, 4.69) is 54.6 Å². The zero-order chi connectivity index (χ0) is 18.8. The topological polar surface area (TPSA) is 44.1 Å². The van der Waals surface area contributed by atoms with Crippen molar-refractivity contribution in [3.05, 3.63) is 82.4 Å². The molecule has 0 unspecified atom stereocenters. The summed E-state index contributed by atoms with van der Waals surface area (Å²) < 4.78 is 0. The standard InChI is InChI=1S/C24H20N2O/c1-17(27)26-11-10-23-13-19(5-9-24(23)16-26)3-2-18-4-7-22-14-20(15-25)6-8-21(22)12-18/h2-9,12-14H,10-11,16H2,1H3. The lowest BCUT2D eigenvalue weighted by Gasteiger charge is -2.28. The van der Waals surface area contributed by atoms with Gasteiger partial charge in [0.2, 0.25) is 5.91 Å². The van der Waals surface area contributed by atoms with E-state index in [4.69, 9.17) is 5.26 Å². The fourth-order valence-electron chi connectivity index (χ4n) is 3.58. The SMILES string of the molecule is CC(=O)N1CCc2cc(C=Cc3ccc4cc(C#N)ccc4c3)ccc2C1. The molecule has 3 heteroatoms. The van der Waals surface area contributed by atoms with E-state index in [0.29, 0.717) is 12.1 Å². The van der Waals surface area contributed by atoms with Crippen molar-refractivity contribution in [2.24, 2.45) is 0 Å². The number of benzene rings is 3. The molecule has 27 heavy (non-hydrogen) atoms. The van der Waals surface area contributed by atoms with Crippen molar-refractivity contribution < 1.29 is 4.79 Å². The molecule has 0 bridgehead atoms. The average Bonchev–Trinajstić information content (AvgIpc) is 2.71. The third kappa shape index (κ3) is 3.61. The summed E-state index contributed by atoms with van der Waals surface area (Å²) in [4.78, 5) is 13.5. The number of rotatable bonds is 2. The Morgan fingerprint density at radius 3 is 2.44 bits per heavy atom. The minimum Gasteiger partial charge on any atom is -0.338 e. The van der Waals surface area contributed by atoms with Gasteiger partial charge >= 0.3 is 0 Å². The van der Waals surface area contributed by atoms with Crippen LogP contribution in [0.2, 0.25) is 0 Å². The van der Waals surface area contributed by atoms with Crippen molar-refractivity contribution >= 4 is 28.8 Å². The number of nitrogens with zero attached hydrogens (tertiary/aromatic N) is 2. The van der Waals surface area contributed by atoms with Crippen LogP contribution in [0.4, 0.5) is 0 Å². The van der Waals surface area contributed by atoms with Gasteiger partial charge < -0.3 is 4.90 Å². The molecule has 3 aromatic carbocycles. The van der Waals surface area contributed by atoms with Gasteiger partial charge in [-0.05, 0) is 57.6 Å². The molecular weight excluding hydrogens is 332 g/mol. The Kier molecular flexibility index (Phi) is 4.48.